The van der Waals surface area contributed by atoms with Gasteiger partial charge in [0.2, 0.25) is 6.29 Å². The van der Waals surface area contributed by atoms with Gasteiger partial charge in [0.05, 0.1) is 33.5 Å². The number of aliphatic hydroxyl groups excluding tert-OH is 5. The van der Waals surface area contributed by atoms with Crippen molar-refractivity contribution >= 4 is 0 Å². The third-order valence-electron chi connectivity index (χ3n) is 7.04. The number of aromatic hydroxyl groups is 1. The Morgan fingerprint density at radius 1 is 0.865 bits per heavy atom. The lowest BCUT2D eigenvalue weighted by atomic mass is 9.84. The molecule has 2 aromatic carbocycles. The molecule has 0 saturated carbocycles. The highest BCUT2D eigenvalue weighted by Crippen LogP contribution is 2.42. The maximum absolute atomic E-state index is 10.3. The third-order valence-corrected chi connectivity index (χ3v) is 7.04. The first-order chi connectivity index (χ1) is 17.8. The summed E-state index contributed by atoms with van der Waals surface area (Å²) in [7, 11) is 2.93. The molecule has 0 bridgehead atoms. The van der Waals surface area contributed by atoms with Crippen molar-refractivity contribution in [2.24, 2.45) is 11.8 Å². The molecule has 0 spiro atoms. The molecule has 8 atom stereocenters. The number of benzene rings is 2. The van der Waals surface area contributed by atoms with Crippen molar-refractivity contribution in [3.8, 4) is 23.0 Å². The van der Waals surface area contributed by atoms with Gasteiger partial charge in [-0.15, -0.1) is 0 Å². The molecule has 0 aromatic heterocycles. The van der Waals surface area contributed by atoms with Crippen LogP contribution in [0.3, 0.4) is 0 Å². The highest BCUT2D eigenvalue weighted by molar-refractivity contribution is 5.44. The smallest absolute Gasteiger partial charge is 0.229 e. The van der Waals surface area contributed by atoms with Crippen molar-refractivity contribution in [2.45, 2.75) is 43.2 Å². The Morgan fingerprint density at radius 3 is 2.30 bits per heavy atom. The number of hydrogen-bond acceptors (Lipinski definition) is 11. The van der Waals surface area contributed by atoms with Crippen LogP contribution in [0.4, 0.5) is 0 Å². The highest BCUT2D eigenvalue weighted by atomic mass is 16.7. The second-order valence-corrected chi connectivity index (χ2v) is 9.30. The van der Waals surface area contributed by atoms with Gasteiger partial charge in [-0.05, 0) is 47.7 Å². The lowest BCUT2D eigenvalue weighted by Gasteiger charge is -2.39. The number of rotatable bonds is 9. The van der Waals surface area contributed by atoms with Crippen LogP contribution in [0.5, 0.6) is 23.0 Å². The Bertz CT molecular complexity index is 1050. The summed E-state index contributed by atoms with van der Waals surface area (Å²) in [5, 5.41) is 59.7. The van der Waals surface area contributed by atoms with Crippen LogP contribution in [0, 0.1) is 11.8 Å². The molecule has 2 heterocycles. The maximum Gasteiger partial charge on any atom is 0.229 e. The fourth-order valence-corrected chi connectivity index (χ4v) is 4.92. The molecule has 2 fully saturated rings. The van der Waals surface area contributed by atoms with Crippen molar-refractivity contribution in [2.75, 3.05) is 34.0 Å². The minimum atomic E-state index is -1.56. The van der Waals surface area contributed by atoms with E-state index in [2.05, 4.69) is 0 Å². The summed E-state index contributed by atoms with van der Waals surface area (Å²) in [6.07, 6.45) is -6.79. The van der Waals surface area contributed by atoms with E-state index in [1.54, 1.807) is 24.3 Å². The highest BCUT2D eigenvalue weighted by Gasteiger charge is 2.45. The average Bonchev–Trinajstić information content (AvgIpc) is 3.32. The normalized spacial score (nSPS) is 31.8. The zero-order valence-corrected chi connectivity index (χ0v) is 20.6. The van der Waals surface area contributed by atoms with Gasteiger partial charge in [-0.2, -0.15) is 0 Å². The molecule has 6 N–H and O–H groups in total. The van der Waals surface area contributed by atoms with Crippen LogP contribution in [0.25, 0.3) is 0 Å². The number of ether oxygens (including phenoxy) is 5. The standard InChI is InChI=1S/C26H34O11/c1-33-19-9-14(4-5-17(19)29)25-16(10-27)15(12-35-25)7-13-3-6-18(20(8-13)34-2)36-26-24(32)23(31)22(30)21(11-28)37-26/h3-6,8-9,15-16,21-32H,7,10-12H2,1-2H3/t15-,16-,21+,22+,23-,24+,25+,26+/m0/s1. The lowest BCUT2D eigenvalue weighted by Crippen LogP contribution is -2.60. The van der Waals surface area contributed by atoms with E-state index >= 15 is 0 Å². The minimum Gasteiger partial charge on any atom is -0.504 e. The summed E-state index contributed by atoms with van der Waals surface area (Å²) in [5.41, 5.74) is 1.70. The van der Waals surface area contributed by atoms with Crippen molar-refractivity contribution in [3.63, 3.8) is 0 Å². The SMILES string of the molecule is COc1cc([C@H]2OC[C@H](Cc3ccc(O[C@@H]4O[C@H](CO)[C@@H](O)[C@H](O)[C@H]4O)c(OC)c3)[C@@H]2CO)ccc1O. The van der Waals surface area contributed by atoms with Crippen LogP contribution in [-0.2, 0) is 15.9 Å². The molecule has 0 radical (unpaired) electrons. The molecule has 0 aliphatic carbocycles. The van der Waals surface area contributed by atoms with Gasteiger partial charge in [-0.25, -0.2) is 0 Å². The fourth-order valence-electron chi connectivity index (χ4n) is 4.92. The second kappa shape index (κ2) is 11.8. The van der Waals surface area contributed by atoms with Gasteiger partial charge in [-0.3, -0.25) is 0 Å². The molecule has 11 heteroatoms. The van der Waals surface area contributed by atoms with E-state index in [0.29, 0.717) is 24.5 Å². The quantitative estimate of drug-likeness (QED) is 0.265. The summed E-state index contributed by atoms with van der Waals surface area (Å²) in [6.45, 7) is -0.229. The van der Waals surface area contributed by atoms with Crippen LogP contribution in [-0.4, -0.2) is 95.4 Å². The summed E-state index contributed by atoms with van der Waals surface area (Å²) in [4.78, 5) is 0. The number of methoxy groups -OCH3 is 2. The van der Waals surface area contributed by atoms with Crippen molar-refractivity contribution in [3.05, 3.63) is 47.5 Å². The van der Waals surface area contributed by atoms with E-state index in [1.807, 2.05) is 6.07 Å². The Morgan fingerprint density at radius 2 is 1.62 bits per heavy atom. The van der Waals surface area contributed by atoms with Gasteiger partial charge in [0.1, 0.15) is 24.4 Å². The van der Waals surface area contributed by atoms with E-state index in [9.17, 15) is 30.6 Å². The number of hydrogen-bond donors (Lipinski definition) is 6. The average molecular weight is 523 g/mol. The Labute approximate surface area is 214 Å². The van der Waals surface area contributed by atoms with Gasteiger partial charge >= 0.3 is 0 Å². The van der Waals surface area contributed by atoms with Gasteiger partial charge < -0.3 is 54.3 Å². The van der Waals surface area contributed by atoms with Gasteiger partial charge in [0.15, 0.2) is 23.0 Å². The molecular weight excluding hydrogens is 488 g/mol. The van der Waals surface area contributed by atoms with Crippen molar-refractivity contribution in [1.29, 1.82) is 0 Å². The van der Waals surface area contributed by atoms with Crippen LogP contribution < -0.4 is 14.2 Å². The van der Waals surface area contributed by atoms with Crippen molar-refractivity contribution in [1.82, 2.24) is 0 Å². The first kappa shape index (κ1) is 27.4. The largest absolute Gasteiger partial charge is 0.504 e. The van der Waals surface area contributed by atoms with Gasteiger partial charge in [-0.1, -0.05) is 12.1 Å². The molecule has 2 saturated heterocycles. The predicted molar refractivity (Wildman–Crippen MR) is 129 cm³/mol. The van der Waals surface area contributed by atoms with Crippen LogP contribution in [0.1, 0.15) is 17.2 Å². The monoisotopic (exact) mass is 522 g/mol. The molecule has 0 unspecified atom stereocenters. The topological polar surface area (TPSA) is 168 Å². The molecule has 2 aliphatic rings. The third kappa shape index (κ3) is 5.63. The minimum absolute atomic E-state index is 0.00304. The fraction of sp³-hybridized carbons (Fsp3) is 0.538. The summed E-state index contributed by atoms with van der Waals surface area (Å²) in [6, 6.07) is 10.2. The second-order valence-electron chi connectivity index (χ2n) is 9.30. The molecule has 204 valence electrons. The summed E-state index contributed by atoms with van der Waals surface area (Å²) in [5.74, 6) is 0.766. The Hall–Kier alpha value is -2.64. The molecule has 11 nitrogen and oxygen atoms in total. The molecule has 2 aliphatic heterocycles. The van der Waals surface area contributed by atoms with E-state index in [-0.39, 0.29) is 36.0 Å². The number of phenolic OH excluding ortho intramolecular Hbond substituents is 1. The molecule has 4 rings (SSSR count). The number of phenols is 1. The first-order valence-corrected chi connectivity index (χ1v) is 12.0. The first-order valence-electron chi connectivity index (χ1n) is 12.0. The Kier molecular flexibility index (Phi) is 8.75. The van der Waals surface area contributed by atoms with E-state index < -0.39 is 37.3 Å². The zero-order valence-electron chi connectivity index (χ0n) is 20.6. The molecule has 37 heavy (non-hydrogen) atoms. The zero-order chi connectivity index (χ0) is 26.7. The molecular formula is C26H34O11. The Balaban J connectivity index is 1.47. The maximum atomic E-state index is 10.3. The molecule has 0 amide bonds. The van der Waals surface area contributed by atoms with Crippen LogP contribution >= 0.6 is 0 Å². The number of aliphatic hydroxyl groups is 5. The lowest BCUT2D eigenvalue weighted by molar-refractivity contribution is -0.277. The van der Waals surface area contributed by atoms with Crippen LogP contribution in [0.15, 0.2) is 36.4 Å². The summed E-state index contributed by atoms with van der Waals surface area (Å²) >= 11 is 0. The van der Waals surface area contributed by atoms with E-state index in [4.69, 9.17) is 23.7 Å². The van der Waals surface area contributed by atoms with E-state index in [1.165, 1.54) is 20.3 Å². The van der Waals surface area contributed by atoms with Crippen molar-refractivity contribution < 1.29 is 54.3 Å². The van der Waals surface area contributed by atoms with Gasteiger partial charge in [0.25, 0.3) is 0 Å². The van der Waals surface area contributed by atoms with Crippen LogP contribution in [0.2, 0.25) is 0 Å². The molecule has 2 aromatic rings. The van der Waals surface area contributed by atoms with Gasteiger partial charge in [0, 0.05) is 12.5 Å². The predicted octanol–water partition coefficient (Wildman–Crippen LogP) is 0.127. The summed E-state index contributed by atoms with van der Waals surface area (Å²) < 4.78 is 27.9. The van der Waals surface area contributed by atoms with E-state index in [0.717, 1.165) is 11.1 Å².